The Balaban J connectivity index is 1.83. The maximum atomic E-state index is 11.9. The molecule has 21 heavy (non-hydrogen) atoms. The Bertz CT molecular complexity index is 591. The second-order valence-electron chi connectivity index (χ2n) is 4.56. The minimum absolute atomic E-state index is 0.222. The molecule has 1 aromatic carbocycles. The van der Waals surface area contributed by atoms with E-state index in [4.69, 9.17) is 13.9 Å². The van der Waals surface area contributed by atoms with Gasteiger partial charge < -0.3 is 19.2 Å². The van der Waals surface area contributed by atoms with Gasteiger partial charge in [-0.25, -0.2) is 0 Å². The molecule has 112 valence electrons. The van der Waals surface area contributed by atoms with Crippen molar-refractivity contribution < 1.29 is 18.7 Å². The molecular weight excluding hydrogens is 270 g/mol. The van der Waals surface area contributed by atoms with Crippen LogP contribution in [-0.4, -0.2) is 26.7 Å². The Morgan fingerprint density at radius 2 is 2.10 bits per heavy atom. The van der Waals surface area contributed by atoms with Gasteiger partial charge in [-0.05, 0) is 36.2 Å². The van der Waals surface area contributed by atoms with Gasteiger partial charge in [-0.3, -0.25) is 4.79 Å². The number of carbonyl (C=O) groups excluding carboxylic acids is 1. The predicted molar refractivity (Wildman–Crippen MR) is 78.5 cm³/mol. The van der Waals surface area contributed by atoms with E-state index in [0.29, 0.717) is 24.7 Å². The number of carbonyl (C=O) groups is 1. The lowest BCUT2D eigenvalue weighted by atomic mass is 10.1. The summed E-state index contributed by atoms with van der Waals surface area (Å²) in [6.07, 6.45) is 0.731. The molecule has 1 aromatic heterocycles. The molecule has 0 saturated heterocycles. The monoisotopic (exact) mass is 289 g/mol. The van der Waals surface area contributed by atoms with Gasteiger partial charge in [0, 0.05) is 13.7 Å². The van der Waals surface area contributed by atoms with Crippen molar-refractivity contribution >= 4 is 5.91 Å². The topological polar surface area (TPSA) is 60.7 Å². The van der Waals surface area contributed by atoms with Crippen LogP contribution in [0.2, 0.25) is 0 Å². The molecule has 0 fully saturated rings. The SMILES string of the molecule is COCc1ccc(C(=O)NCCc2cccc(OC)c2)o1. The highest BCUT2D eigenvalue weighted by Gasteiger charge is 2.10. The minimum Gasteiger partial charge on any atom is -0.497 e. The quantitative estimate of drug-likeness (QED) is 0.850. The number of ether oxygens (including phenoxy) is 2. The minimum atomic E-state index is -0.222. The summed E-state index contributed by atoms with van der Waals surface area (Å²) in [5.74, 6) is 1.53. The van der Waals surface area contributed by atoms with Gasteiger partial charge in [0.25, 0.3) is 5.91 Å². The summed E-state index contributed by atoms with van der Waals surface area (Å²) in [5, 5.41) is 2.83. The smallest absolute Gasteiger partial charge is 0.287 e. The van der Waals surface area contributed by atoms with Crippen molar-refractivity contribution in [2.24, 2.45) is 0 Å². The Hall–Kier alpha value is -2.27. The van der Waals surface area contributed by atoms with Crippen molar-refractivity contribution in [2.45, 2.75) is 13.0 Å². The first-order valence-electron chi connectivity index (χ1n) is 6.71. The number of hydrogen-bond acceptors (Lipinski definition) is 4. The van der Waals surface area contributed by atoms with Crippen LogP contribution in [0.15, 0.2) is 40.8 Å². The van der Waals surface area contributed by atoms with Crippen LogP contribution >= 0.6 is 0 Å². The number of methoxy groups -OCH3 is 2. The number of rotatable bonds is 7. The third-order valence-corrected chi connectivity index (χ3v) is 3.01. The third-order valence-electron chi connectivity index (χ3n) is 3.01. The predicted octanol–water partition coefficient (Wildman–Crippen LogP) is 2.41. The zero-order valence-corrected chi connectivity index (χ0v) is 12.2. The summed E-state index contributed by atoms with van der Waals surface area (Å²) < 4.78 is 15.5. The molecule has 5 heteroatoms. The normalized spacial score (nSPS) is 10.4. The molecule has 5 nitrogen and oxygen atoms in total. The van der Waals surface area contributed by atoms with Crippen molar-refractivity contribution in [3.8, 4) is 5.75 Å². The first-order chi connectivity index (χ1) is 10.2. The van der Waals surface area contributed by atoms with Gasteiger partial charge in [-0.15, -0.1) is 0 Å². The van der Waals surface area contributed by atoms with Crippen LogP contribution < -0.4 is 10.1 Å². The molecule has 1 heterocycles. The largest absolute Gasteiger partial charge is 0.497 e. The second kappa shape index (κ2) is 7.50. The molecule has 0 aliphatic rings. The molecule has 0 atom stereocenters. The van der Waals surface area contributed by atoms with Crippen LogP contribution in [0.1, 0.15) is 21.9 Å². The van der Waals surface area contributed by atoms with Gasteiger partial charge in [0.1, 0.15) is 18.1 Å². The van der Waals surface area contributed by atoms with E-state index in [9.17, 15) is 4.79 Å². The number of amides is 1. The summed E-state index contributed by atoms with van der Waals surface area (Å²) in [6, 6.07) is 11.2. The Morgan fingerprint density at radius 3 is 2.86 bits per heavy atom. The van der Waals surface area contributed by atoms with Crippen LogP contribution in [0.3, 0.4) is 0 Å². The number of furan rings is 1. The molecule has 0 aliphatic carbocycles. The number of hydrogen-bond donors (Lipinski definition) is 1. The molecule has 0 bridgehead atoms. The highest BCUT2D eigenvalue weighted by atomic mass is 16.5. The molecule has 0 aliphatic heterocycles. The van der Waals surface area contributed by atoms with Gasteiger partial charge in [-0.1, -0.05) is 12.1 Å². The maximum Gasteiger partial charge on any atom is 0.287 e. The highest BCUT2D eigenvalue weighted by molar-refractivity contribution is 5.91. The zero-order valence-electron chi connectivity index (χ0n) is 12.2. The van der Waals surface area contributed by atoms with Gasteiger partial charge in [0.15, 0.2) is 5.76 Å². The fourth-order valence-corrected chi connectivity index (χ4v) is 1.96. The van der Waals surface area contributed by atoms with Gasteiger partial charge in [0.2, 0.25) is 0 Å². The lowest BCUT2D eigenvalue weighted by molar-refractivity contribution is 0.0917. The van der Waals surface area contributed by atoms with Crippen molar-refractivity contribution in [3.05, 3.63) is 53.5 Å². The van der Waals surface area contributed by atoms with Crippen LogP contribution in [0.25, 0.3) is 0 Å². The average Bonchev–Trinajstić information content (AvgIpc) is 2.96. The van der Waals surface area contributed by atoms with Crippen LogP contribution in [0.5, 0.6) is 5.75 Å². The summed E-state index contributed by atoms with van der Waals surface area (Å²) in [4.78, 5) is 11.9. The van der Waals surface area contributed by atoms with E-state index in [1.807, 2.05) is 24.3 Å². The van der Waals surface area contributed by atoms with Gasteiger partial charge in [0.05, 0.1) is 7.11 Å². The van der Waals surface area contributed by atoms with Crippen LogP contribution in [0.4, 0.5) is 0 Å². The molecule has 0 spiro atoms. The molecule has 0 saturated carbocycles. The van der Waals surface area contributed by atoms with E-state index < -0.39 is 0 Å². The fraction of sp³-hybridized carbons (Fsp3) is 0.312. The van der Waals surface area contributed by atoms with Crippen molar-refractivity contribution in [2.75, 3.05) is 20.8 Å². The fourth-order valence-electron chi connectivity index (χ4n) is 1.96. The molecule has 0 radical (unpaired) electrons. The summed E-state index contributed by atoms with van der Waals surface area (Å²) in [5.41, 5.74) is 1.11. The van der Waals surface area contributed by atoms with Crippen molar-refractivity contribution in [1.29, 1.82) is 0 Å². The number of benzene rings is 1. The van der Waals surface area contributed by atoms with Gasteiger partial charge in [-0.2, -0.15) is 0 Å². The second-order valence-corrected chi connectivity index (χ2v) is 4.56. The third kappa shape index (κ3) is 4.36. The van der Waals surface area contributed by atoms with E-state index in [-0.39, 0.29) is 5.91 Å². The standard InChI is InChI=1S/C16H19NO4/c1-19-11-14-6-7-15(21-14)16(18)17-9-8-12-4-3-5-13(10-12)20-2/h3-7,10H,8-9,11H2,1-2H3,(H,17,18). The van der Waals surface area contributed by atoms with Crippen LogP contribution in [0, 0.1) is 0 Å². The van der Waals surface area contributed by atoms with Crippen molar-refractivity contribution in [1.82, 2.24) is 5.32 Å². The molecule has 2 rings (SSSR count). The Morgan fingerprint density at radius 1 is 1.24 bits per heavy atom. The molecule has 1 amide bonds. The summed E-state index contributed by atoms with van der Waals surface area (Å²) in [7, 11) is 3.21. The van der Waals surface area contributed by atoms with Crippen molar-refractivity contribution in [3.63, 3.8) is 0 Å². The van der Waals surface area contributed by atoms with E-state index in [1.54, 1.807) is 26.4 Å². The molecule has 0 unspecified atom stereocenters. The molecule has 1 N–H and O–H groups in total. The first-order valence-corrected chi connectivity index (χ1v) is 6.71. The average molecular weight is 289 g/mol. The highest BCUT2D eigenvalue weighted by Crippen LogP contribution is 2.13. The first kappa shape index (κ1) is 15.1. The molecule has 2 aromatic rings. The van der Waals surface area contributed by atoms with E-state index in [0.717, 1.165) is 17.7 Å². The molecular formula is C16H19NO4. The summed E-state index contributed by atoms with van der Waals surface area (Å²) in [6.45, 7) is 0.892. The van der Waals surface area contributed by atoms with E-state index in [2.05, 4.69) is 5.32 Å². The lowest BCUT2D eigenvalue weighted by Gasteiger charge is -2.05. The van der Waals surface area contributed by atoms with E-state index in [1.165, 1.54) is 0 Å². The van der Waals surface area contributed by atoms with Crippen LogP contribution in [-0.2, 0) is 17.8 Å². The Labute approximate surface area is 123 Å². The van der Waals surface area contributed by atoms with E-state index >= 15 is 0 Å². The Kier molecular flexibility index (Phi) is 5.40. The number of nitrogens with one attached hydrogen (secondary N) is 1. The lowest BCUT2D eigenvalue weighted by Crippen LogP contribution is -2.25. The zero-order chi connectivity index (χ0) is 15.1. The summed E-state index contributed by atoms with van der Waals surface area (Å²) >= 11 is 0. The van der Waals surface area contributed by atoms with Gasteiger partial charge >= 0.3 is 0 Å². The maximum absolute atomic E-state index is 11.9.